The summed E-state index contributed by atoms with van der Waals surface area (Å²) in [4.78, 5) is 24.3. The molecule has 0 spiro atoms. The topological polar surface area (TPSA) is 184 Å². The highest BCUT2D eigenvalue weighted by molar-refractivity contribution is 7.52. The highest BCUT2D eigenvalue weighted by Gasteiger charge is 2.40. The van der Waals surface area contributed by atoms with E-state index in [4.69, 9.17) is 19.5 Å². The predicted octanol–water partition coefficient (Wildman–Crippen LogP) is 3.50. The first kappa shape index (κ1) is 27.9. The van der Waals surface area contributed by atoms with Crippen LogP contribution in [0.5, 0.6) is 5.75 Å². The Balaban J connectivity index is 1.37. The highest BCUT2D eigenvalue weighted by Crippen LogP contribution is 2.48. The third kappa shape index (κ3) is 5.93. The summed E-state index contributed by atoms with van der Waals surface area (Å²) in [6.45, 7) is 3.47. The van der Waals surface area contributed by atoms with Gasteiger partial charge < -0.3 is 25.2 Å². The number of nitrogens with zero attached hydrogens (tertiary/aromatic N) is 4. The van der Waals surface area contributed by atoms with Gasteiger partial charge in [-0.3, -0.25) is 13.9 Å². The molecule has 2 aromatic heterocycles. The molecule has 1 aliphatic heterocycles. The lowest BCUT2D eigenvalue weighted by molar-refractivity contribution is -0.139. The number of nitrogens with one attached hydrogen (secondary N) is 1. The van der Waals surface area contributed by atoms with Crippen molar-refractivity contribution in [1.82, 2.24) is 24.6 Å². The molecule has 0 saturated carbocycles. The number of hydrogen-bond acceptors (Lipinski definition) is 10. The monoisotopic (exact) mass is 570 g/mol. The number of aliphatic hydroxyl groups excluding tert-OH is 1. The Morgan fingerprint density at radius 3 is 2.77 bits per heavy atom. The summed E-state index contributed by atoms with van der Waals surface area (Å²) in [6.07, 6.45) is 0.575. The average Bonchev–Trinajstić information content (AvgIpc) is 3.51. The van der Waals surface area contributed by atoms with E-state index in [2.05, 4.69) is 20.0 Å². The molecule has 14 heteroatoms. The van der Waals surface area contributed by atoms with E-state index in [1.165, 1.54) is 12.7 Å². The SMILES string of the molecule is CC(C)CC(NP(=O)(OC[C@@H]1C[C@@H](O)[C@H](n2cnc3c(N)ncnc32)O1)Oc1cccc2ccccc12)C(=O)O. The van der Waals surface area contributed by atoms with Gasteiger partial charge >= 0.3 is 13.7 Å². The first-order chi connectivity index (χ1) is 19.1. The van der Waals surface area contributed by atoms with Gasteiger partial charge in [-0.2, -0.15) is 5.09 Å². The second kappa shape index (κ2) is 11.5. The minimum absolute atomic E-state index is 0.00322. The van der Waals surface area contributed by atoms with Crippen LogP contribution in [-0.4, -0.2) is 60.6 Å². The molecule has 0 amide bonds. The number of carbonyl (C=O) groups is 1. The molecule has 5 N–H and O–H groups in total. The van der Waals surface area contributed by atoms with Gasteiger partial charge in [0.1, 0.15) is 29.7 Å². The molecule has 5 rings (SSSR count). The normalized spacial score (nSPS) is 21.6. The number of aromatic nitrogens is 4. The van der Waals surface area contributed by atoms with E-state index in [-0.39, 0.29) is 36.9 Å². The Hall–Kier alpha value is -3.61. The third-order valence-corrected chi connectivity index (χ3v) is 8.10. The van der Waals surface area contributed by atoms with Crippen LogP contribution < -0.4 is 15.3 Å². The Morgan fingerprint density at radius 1 is 1.23 bits per heavy atom. The number of anilines is 1. The van der Waals surface area contributed by atoms with E-state index in [0.717, 1.165) is 5.39 Å². The van der Waals surface area contributed by atoms with Crippen LogP contribution in [0.4, 0.5) is 5.82 Å². The number of nitrogens with two attached hydrogens (primary N) is 1. The van der Waals surface area contributed by atoms with E-state index >= 15 is 0 Å². The maximum atomic E-state index is 14.1. The molecule has 1 fully saturated rings. The molecule has 0 aliphatic carbocycles. The van der Waals surface area contributed by atoms with Crippen molar-refractivity contribution >= 4 is 41.5 Å². The molecular weight excluding hydrogens is 539 g/mol. The van der Waals surface area contributed by atoms with Crippen LogP contribution in [0.2, 0.25) is 0 Å². The van der Waals surface area contributed by atoms with Gasteiger partial charge in [0.05, 0.1) is 19.0 Å². The Kier molecular flexibility index (Phi) is 8.02. The van der Waals surface area contributed by atoms with Crippen molar-refractivity contribution < 1.29 is 33.4 Å². The fourth-order valence-corrected chi connectivity index (χ4v) is 6.25. The molecule has 212 valence electrons. The van der Waals surface area contributed by atoms with E-state index < -0.39 is 38.2 Å². The summed E-state index contributed by atoms with van der Waals surface area (Å²) < 4.78 is 33.4. The zero-order chi connectivity index (χ0) is 28.4. The molecule has 2 aromatic carbocycles. The number of nitrogen functional groups attached to an aromatic ring is 1. The number of carboxylic acids is 1. The molecule has 5 atom stereocenters. The van der Waals surface area contributed by atoms with Crippen LogP contribution in [0.15, 0.2) is 55.1 Å². The summed E-state index contributed by atoms with van der Waals surface area (Å²) in [5.74, 6) is -0.713. The van der Waals surface area contributed by atoms with Crippen molar-refractivity contribution in [2.45, 2.75) is 51.2 Å². The van der Waals surface area contributed by atoms with Gasteiger partial charge in [0.15, 0.2) is 17.7 Å². The van der Waals surface area contributed by atoms with E-state index in [0.29, 0.717) is 16.6 Å². The average molecular weight is 571 g/mol. The van der Waals surface area contributed by atoms with Gasteiger partial charge in [-0.05, 0) is 23.8 Å². The van der Waals surface area contributed by atoms with Gasteiger partial charge in [0.2, 0.25) is 0 Å². The quantitative estimate of drug-likeness (QED) is 0.193. The predicted molar refractivity (Wildman–Crippen MR) is 146 cm³/mol. The van der Waals surface area contributed by atoms with Crippen molar-refractivity contribution in [3.63, 3.8) is 0 Å². The lowest BCUT2D eigenvalue weighted by Crippen LogP contribution is -2.37. The van der Waals surface area contributed by atoms with Crippen molar-refractivity contribution in [2.24, 2.45) is 5.92 Å². The van der Waals surface area contributed by atoms with E-state index in [1.807, 2.05) is 44.2 Å². The number of aliphatic hydroxyl groups is 1. The molecule has 40 heavy (non-hydrogen) atoms. The van der Waals surface area contributed by atoms with Crippen LogP contribution in [-0.2, 0) is 18.6 Å². The number of hydrogen-bond donors (Lipinski definition) is 4. The molecule has 3 heterocycles. The Bertz CT molecular complexity index is 1560. The summed E-state index contributed by atoms with van der Waals surface area (Å²) in [7, 11) is -4.26. The molecule has 0 radical (unpaired) electrons. The molecule has 1 aliphatic rings. The summed E-state index contributed by atoms with van der Waals surface area (Å²) >= 11 is 0. The van der Waals surface area contributed by atoms with E-state index in [9.17, 15) is 19.6 Å². The zero-order valence-corrected chi connectivity index (χ0v) is 22.8. The number of rotatable bonds is 11. The number of carboxylic acid groups (broad SMARTS) is 1. The van der Waals surface area contributed by atoms with Crippen molar-refractivity contribution in [3.8, 4) is 5.75 Å². The van der Waals surface area contributed by atoms with Gasteiger partial charge in [0, 0.05) is 11.8 Å². The van der Waals surface area contributed by atoms with Crippen LogP contribution in [0.25, 0.3) is 21.9 Å². The first-order valence-corrected chi connectivity index (χ1v) is 14.4. The van der Waals surface area contributed by atoms with Crippen LogP contribution in [0.1, 0.15) is 32.9 Å². The van der Waals surface area contributed by atoms with Crippen LogP contribution in [0, 0.1) is 5.92 Å². The van der Waals surface area contributed by atoms with Crippen molar-refractivity contribution in [1.29, 1.82) is 0 Å². The number of fused-ring (bicyclic) bond motifs is 2. The van der Waals surface area contributed by atoms with Gasteiger partial charge in [-0.15, -0.1) is 0 Å². The van der Waals surface area contributed by atoms with E-state index in [1.54, 1.807) is 16.7 Å². The van der Waals surface area contributed by atoms with Crippen LogP contribution in [0.3, 0.4) is 0 Å². The minimum Gasteiger partial charge on any atom is -0.480 e. The lowest BCUT2D eigenvalue weighted by Gasteiger charge is -2.26. The zero-order valence-electron chi connectivity index (χ0n) is 22.0. The first-order valence-electron chi connectivity index (χ1n) is 12.8. The number of benzene rings is 2. The fraction of sp³-hybridized carbons (Fsp3) is 0.385. The summed E-state index contributed by atoms with van der Waals surface area (Å²) in [5.41, 5.74) is 6.64. The number of imidazole rings is 1. The second-order valence-electron chi connectivity index (χ2n) is 10.0. The lowest BCUT2D eigenvalue weighted by atomic mass is 10.1. The fourth-order valence-electron chi connectivity index (χ4n) is 4.69. The van der Waals surface area contributed by atoms with Crippen LogP contribution >= 0.6 is 7.75 Å². The van der Waals surface area contributed by atoms with Gasteiger partial charge in [0.25, 0.3) is 0 Å². The second-order valence-corrected chi connectivity index (χ2v) is 11.7. The van der Waals surface area contributed by atoms with Crippen molar-refractivity contribution in [3.05, 3.63) is 55.1 Å². The highest BCUT2D eigenvalue weighted by atomic mass is 31.2. The molecule has 0 bridgehead atoms. The van der Waals surface area contributed by atoms with Crippen molar-refractivity contribution in [2.75, 3.05) is 12.3 Å². The molecule has 4 aromatic rings. The number of aliphatic carboxylic acids is 1. The Labute approximate surface area is 229 Å². The molecule has 1 saturated heterocycles. The largest absolute Gasteiger partial charge is 0.480 e. The Morgan fingerprint density at radius 2 is 2.00 bits per heavy atom. The summed E-state index contributed by atoms with van der Waals surface area (Å²) in [5, 5.41) is 24.7. The smallest absolute Gasteiger partial charge is 0.459 e. The third-order valence-electron chi connectivity index (χ3n) is 6.54. The standard InChI is InChI=1S/C26H31N6O7P/c1-15(2)10-19(26(34)35)31-40(36,39-21-9-5-7-16-6-3-4-8-18(16)21)37-12-17-11-20(33)25(38-17)32-14-30-22-23(27)28-13-29-24(22)32/h3-9,13-15,17,19-20,25,33H,10-12H2,1-2H3,(H,31,36)(H,34,35)(H2,27,28,29)/t17-,19?,20+,25+,40?/m0/s1. The minimum atomic E-state index is -4.26. The van der Waals surface area contributed by atoms with Gasteiger partial charge in [-0.1, -0.05) is 50.2 Å². The number of ether oxygens (including phenoxy) is 1. The molecule has 13 nitrogen and oxygen atoms in total. The van der Waals surface area contributed by atoms with Gasteiger partial charge in [-0.25, -0.2) is 19.5 Å². The maximum Gasteiger partial charge on any atom is 0.459 e. The molecule has 2 unspecified atom stereocenters. The summed E-state index contributed by atoms with van der Waals surface area (Å²) in [6, 6.07) is 11.5. The molecular formula is C26H31N6O7P. The maximum absolute atomic E-state index is 14.1.